The molecule has 96 valence electrons. The summed E-state index contributed by atoms with van der Waals surface area (Å²) in [7, 11) is 3.76. The lowest BCUT2D eigenvalue weighted by atomic mass is 9.99. The van der Waals surface area contributed by atoms with E-state index in [2.05, 4.69) is 18.5 Å². The van der Waals surface area contributed by atoms with Gasteiger partial charge in [-0.25, -0.2) is 0 Å². The van der Waals surface area contributed by atoms with Crippen molar-refractivity contribution in [3.8, 4) is 0 Å². The van der Waals surface area contributed by atoms with E-state index < -0.39 is 6.04 Å². The molecule has 1 atom stereocenters. The fourth-order valence-electron chi connectivity index (χ4n) is 1.49. The molecule has 1 aromatic rings. The number of carbonyl (C=O) groups excluding carboxylic acids is 1. The van der Waals surface area contributed by atoms with Crippen LogP contribution < -0.4 is 5.32 Å². The van der Waals surface area contributed by atoms with E-state index >= 15 is 0 Å². The van der Waals surface area contributed by atoms with Crippen LogP contribution in [-0.4, -0.2) is 24.8 Å². The Morgan fingerprint density at radius 2 is 1.78 bits per heavy atom. The lowest BCUT2D eigenvalue weighted by Gasteiger charge is -2.24. The van der Waals surface area contributed by atoms with Crippen molar-refractivity contribution < 1.29 is 4.79 Å². The van der Waals surface area contributed by atoms with E-state index in [-0.39, 0.29) is 5.78 Å². The summed E-state index contributed by atoms with van der Waals surface area (Å²) in [6.45, 7) is 9.34. The summed E-state index contributed by atoms with van der Waals surface area (Å²) in [5.74, 6) is 0.669. The highest BCUT2D eigenvalue weighted by Gasteiger charge is 2.21. The molecular formula is C15H20N2O. The van der Waals surface area contributed by atoms with Gasteiger partial charge in [-0.2, -0.15) is 0 Å². The molecule has 0 aromatic heterocycles. The van der Waals surface area contributed by atoms with E-state index in [0.717, 1.165) is 5.56 Å². The number of rotatable bonds is 6. The smallest absolute Gasteiger partial charge is 0.184 e. The second-order valence-electron chi connectivity index (χ2n) is 4.47. The van der Waals surface area contributed by atoms with Crippen LogP contribution >= 0.6 is 0 Å². The summed E-state index contributed by atoms with van der Waals surface area (Å²) in [4.78, 5) is 14.0. The van der Waals surface area contributed by atoms with Crippen LogP contribution in [0.4, 0.5) is 0 Å². The van der Waals surface area contributed by atoms with Crippen molar-refractivity contribution in [1.82, 2.24) is 10.2 Å². The average molecular weight is 244 g/mol. The van der Waals surface area contributed by atoms with E-state index in [0.29, 0.717) is 11.4 Å². The van der Waals surface area contributed by atoms with Crippen LogP contribution in [0.1, 0.15) is 18.5 Å². The molecule has 0 bridgehead atoms. The van der Waals surface area contributed by atoms with Gasteiger partial charge in [0.1, 0.15) is 6.04 Å². The molecule has 0 saturated carbocycles. The van der Waals surface area contributed by atoms with Crippen molar-refractivity contribution >= 4 is 5.78 Å². The van der Waals surface area contributed by atoms with Crippen LogP contribution in [-0.2, 0) is 4.79 Å². The molecule has 0 spiro atoms. The number of nitrogens with zero attached hydrogens (tertiary/aromatic N) is 1. The largest absolute Gasteiger partial charge is 0.365 e. The lowest BCUT2D eigenvalue weighted by Crippen LogP contribution is -2.33. The van der Waals surface area contributed by atoms with Crippen molar-refractivity contribution in [2.45, 2.75) is 13.0 Å². The Balaban J connectivity index is 3.00. The van der Waals surface area contributed by atoms with Gasteiger partial charge < -0.3 is 10.2 Å². The maximum absolute atomic E-state index is 12.2. The standard InChI is InChI=1S/C15H20N2O/c1-11(2)15(18)14(16-12(3)17(4)5)13-9-7-6-8-10-13/h6-10,14,16H,1,3H2,2,4-5H3/t14-/m1/s1. The first-order valence-electron chi connectivity index (χ1n) is 5.81. The number of benzene rings is 1. The van der Waals surface area contributed by atoms with Gasteiger partial charge in [-0.3, -0.25) is 4.79 Å². The third kappa shape index (κ3) is 3.48. The van der Waals surface area contributed by atoms with Gasteiger partial charge in [0.15, 0.2) is 5.78 Å². The molecule has 18 heavy (non-hydrogen) atoms. The number of hydrogen-bond donors (Lipinski definition) is 1. The van der Waals surface area contributed by atoms with Gasteiger partial charge in [-0.15, -0.1) is 0 Å². The SMILES string of the molecule is C=C(C)C(=O)[C@H](NC(=C)N(C)C)c1ccccc1. The van der Waals surface area contributed by atoms with Crippen LogP contribution in [0.25, 0.3) is 0 Å². The number of hydrogen-bond acceptors (Lipinski definition) is 3. The summed E-state index contributed by atoms with van der Waals surface area (Å²) in [5.41, 5.74) is 1.44. The number of nitrogens with one attached hydrogen (secondary N) is 1. The van der Waals surface area contributed by atoms with Crippen LogP contribution in [0.5, 0.6) is 0 Å². The van der Waals surface area contributed by atoms with E-state index in [1.807, 2.05) is 49.3 Å². The van der Waals surface area contributed by atoms with Gasteiger partial charge >= 0.3 is 0 Å². The molecule has 1 rings (SSSR count). The predicted octanol–water partition coefficient (Wildman–Crippen LogP) is 2.50. The van der Waals surface area contributed by atoms with Gasteiger partial charge in [-0.05, 0) is 18.1 Å². The molecule has 3 nitrogen and oxygen atoms in total. The molecule has 0 radical (unpaired) electrons. The van der Waals surface area contributed by atoms with Gasteiger partial charge in [-0.1, -0.05) is 43.5 Å². The van der Waals surface area contributed by atoms with Crippen LogP contribution in [0.15, 0.2) is 54.9 Å². The zero-order valence-corrected chi connectivity index (χ0v) is 11.2. The van der Waals surface area contributed by atoms with E-state index in [9.17, 15) is 4.79 Å². The molecule has 0 amide bonds. The second-order valence-corrected chi connectivity index (χ2v) is 4.47. The first-order valence-corrected chi connectivity index (χ1v) is 5.81. The van der Waals surface area contributed by atoms with Crippen LogP contribution in [0.3, 0.4) is 0 Å². The Hall–Kier alpha value is -2.03. The summed E-state index contributed by atoms with van der Waals surface area (Å²) in [6, 6.07) is 9.15. The maximum atomic E-state index is 12.2. The van der Waals surface area contributed by atoms with E-state index in [1.165, 1.54) is 0 Å². The third-order valence-corrected chi connectivity index (χ3v) is 2.67. The van der Waals surface area contributed by atoms with Crippen molar-refractivity contribution in [2.75, 3.05) is 14.1 Å². The zero-order chi connectivity index (χ0) is 13.7. The lowest BCUT2D eigenvalue weighted by molar-refractivity contribution is -0.117. The number of carbonyl (C=O) groups is 1. The highest BCUT2D eigenvalue weighted by atomic mass is 16.1. The van der Waals surface area contributed by atoms with E-state index in [4.69, 9.17) is 0 Å². The van der Waals surface area contributed by atoms with Crippen LogP contribution in [0, 0.1) is 0 Å². The molecule has 0 unspecified atom stereocenters. The molecule has 0 aliphatic carbocycles. The third-order valence-electron chi connectivity index (χ3n) is 2.67. The first kappa shape index (κ1) is 14.0. The number of Topliss-reactive ketones (excluding diaryl/α,β-unsaturated/α-hetero) is 1. The highest BCUT2D eigenvalue weighted by molar-refractivity contribution is 5.99. The van der Waals surface area contributed by atoms with Crippen LogP contribution in [0.2, 0.25) is 0 Å². The highest BCUT2D eigenvalue weighted by Crippen LogP contribution is 2.18. The molecule has 0 aliphatic heterocycles. The molecular weight excluding hydrogens is 224 g/mol. The average Bonchev–Trinajstić information content (AvgIpc) is 2.35. The minimum atomic E-state index is -0.432. The summed E-state index contributed by atoms with van der Waals surface area (Å²) >= 11 is 0. The molecule has 0 saturated heterocycles. The van der Waals surface area contributed by atoms with Gasteiger partial charge in [0.2, 0.25) is 0 Å². The van der Waals surface area contributed by atoms with Crippen molar-refractivity contribution in [3.05, 3.63) is 60.4 Å². The molecule has 0 aliphatic rings. The van der Waals surface area contributed by atoms with Crippen molar-refractivity contribution in [3.63, 3.8) is 0 Å². The quantitative estimate of drug-likeness (QED) is 0.780. The Morgan fingerprint density at radius 3 is 2.22 bits per heavy atom. The minimum absolute atomic E-state index is 0.0239. The van der Waals surface area contributed by atoms with E-state index in [1.54, 1.807) is 6.92 Å². The summed E-state index contributed by atoms with van der Waals surface area (Å²) < 4.78 is 0. The Morgan fingerprint density at radius 1 is 1.22 bits per heavy atom. The minimum Gasteiger partial charge on any atom is -0.365 e. The predicted molar refractivity (Wildman–Crippen MR) is 75.0 cm³/mol. The second kappa shape index (κ2) is 6.05. The van der Waals surface area contributed by atoms with Gasteiger partial charge in [0.25, 0.3) is 0 Å². The van der Waals surface area contributed by atoms with Crippen molar-refractivity contribution in [2.24, 2.45) is 0 Å². The molecule has 1 N–H and O–H groups in total. The Kier molecular flexibility index (Phi) is 4.72. The van der Waals surface area contributed by atoms with Crippen molar-refractivity contribution in [1.29, 1.82) is 0 Å². The fourth-order valence-corrected chi connectivity index (χ4v) is 1.49. The molecule has 0 heterocycles. The Labute approximate surface area is 109 Å². The number of ketones is 1. The normalized spacial score (nSPS) is 11.5. The molecule has 0 fully saturated rings. The first-order chi connectivity index (χ1) is 8.43. The fraction of sp³-hybridized carbons (Fsp3) is 0.267. The van der Waals surface area contributed by atoms with Gasteiger partial charge in [0, 0.05) is 14.1 Å². The molecule has 3 heteroatoms. The monoisotopic (exact) mass is 244 g/mol. The maximum Gasteiger partial charge on any atom is 0.184 e. The molecule has 1 aromatic carbocycles. The summed E-state index contributed by atoms with van der Waals surface area (Å²) in [6.07, 6.45) is 0. The summed E-state index contributed by atoms with van der Waals surface area (Å²) in [5, 5.41) is 3.13. The topological polar surface area (TPSA) is 32.3 Å². The Bertz CT molecular complexity index is 449. The zero-order valence-electron chi connectivity index (χ0n) is 11.2. The van der Waals surface area contributed by atoms with Gasteiger partial charge in [0.05, 0.1) is 5.82 Å².